The van der Waals surface area contributed by atoms with E-state index < -0.39 is 0 Å². The van der Waals surface area contributed by atoms with Crippen LogP contribution in [0, 0.1) is 0 Å². The Hall–Kier alpha value is -2.38. The first-order chi connectivity index (χ1) is 13.4. The summed E-state index contributed by atoms with van der Waals surface area (Å²) >= 11 is 0. The number of nitrogens with one attached hydrogen (secondary N) is 1. The highest BCUT2D eigenvalue weighted by Gasteiger charge is 2.27. The second-order valence-corrected chi connectivity index (χ2v) is 8.36. The van der Waals surface area contributed by atoms with Gasteiger partial charge >= 0.3 is 0 Å². The number of ether oxygens (including phenoxy) is 1. The number of fused-ring (bicyclic) bond motifs is 3. The van der Waals surface area contributed by atoms with Crippen molar-refractivity contribution >= 4 is 33.4 Å². The standard InChI is InChI=1S/C21H30N6O/c1-5-28-13-16-24-18-17-14(23-20(22)19(18)25-16)7-6-8-15(17)26-9-11-27(12-10-26)21(2,3)4/h6-8H,5,9-13H2,1-4H3,(H2,22,23)(H,24,25). The molecular weight excluding hydrogens is 352 g/mol. The molecule has 28 heavy (non-hydrogen) atoms. The molecule has 150 valence electrons. The molecule has 4 rings (SSSR count). The smallest absolute Gasteiger partial charge is 0.152 e. The van der Waals surface area contributed by atoms with E-state index in [-0.39, 0.29) is 5.54 Å². The summed E-state index contributed by atoms with van der Waals surface area (Å²) in [5.41, 5.74) is 10.2. The maximum Gasteiger partial charge on any atom is 0.152 e. The van der Waals surface area contributed by atoms with Crippen LogP contribution in [0.2, 0.25) is 0 Å². The molecule has 0 bridgehead atoms. The van der Waals surface area contributed by atoms with Crippen LogP contribution >= 0.6 is 0 Å². The molecule has 1 aliphatic rings. The van der Waals surface area contributed by atoms with E-state index in [1.807, 2.05) is 13.0 Å². The fourth-order valence-electron chi connectivity index (χ4n) is 4.00. The largest absolute Gasteiger partial charge is 0.382 e. The third kappa shape index (κ3) is 3.40. The number of H-pyrrole nitrogens is 1. The topological polar surface area (TPSA) is 83.3 Å². The van der Waals surface area contributed by atoms with Crippen molar-refractivity contribution in [2.75, 3.05) is 43.4 Å². The number of aromatic nitrogens is 3. The first-order valence-electron chi connectivity index (χ1n) is 10.0. The van der Waals surface area contributed by atoms with Crippen LogP contribution in [0.1, 0.15) is 33.5 Å². The molecule has 3 heterocycles. The van der Waals surface area contributed by atoms with Crippen LogP contribution in [0.5, 0.6) is 0 Å². The molecule has 1 aromatic carbocycles. The number of benzene rings is 1. The van der Waals surface area contributed by atoms with Crippen molar-refractivity contribution in [2.45, 2.75) is 39.8 Å². The number of imidazole rings is 1. The monoisotopic (exact) mass is 382 g/mol. The molecule has 3 aromatic rings. The second-order valence-electron chi connectivity index (χ2n) is 8.36. The van der Waals surface area contributed by atoms with Gasteiger partial charge in [-0.1, -0.05) is 6.07 Å². The van der Waals surface area contributed by atoms with Crippen molar-refractivity contribution in [3.8, 4) is 0 Å². The van der Waals surface area contributed by atoms with Gasteiger partial charge in [-0.2, -0.15) is 0 Å². The maximum atomic E-state index is 6.20. The lowest BCUT2D eigenvalue weighted by molar-refractivity contribution is 0.128. The zero-order chi connectivity index (χ0) is 19.9. The molecule has 1 saturated heterocycles. The van der Waals surface area contributed by atoms with Crippen LogP contribution in [0.25, 0.3) is 21.9 Å². The predicted octanol–water partition coefficient (Wildman–Crippen LogP) is 3.15. The number of piperazine rings is 1. The molecule has 3 N–H and O–H groups in total. The zero-order valence-electron chi connectivity index (χ0n) is 17.2. The SMILES string of the molecule is CCOCc1nc2c(N)nc3cccc(N4CCN(C(C)(C)C)CC4)c3c2[nH]1. The van der Waals surface area contributed by atoms with Crippen molar-refractivity contribution in [3.63, 3.8) is 0 Å². The van der Waals surface area contributed by atoms with Crippen LogP contribution in [0.3, 0.4) is 0 Å². The summed E-state index contributed by atoms with van der Waals surface area (Å²) < 4.78 is 5.52. The molecule has 0 aliphatic carbocycles. The molecule has 1 aliphatic heterocycles. The quantitative estimate of drug-likeness (QED) is 0.721. The summed E-state index contributed by atoms with van der Waals surface area (Å²) in [7, 11) is 0. The average molecular weight is 383 g/mol. The Labute approximate surface area is 165 Å². The van der Waals surface area contributed by atoms with Crippen LogP contribution < -0.4 is 10.6 Å². The molecule has 0 unspecified atom stereocenters. The summed E-state index contributed by atoms with van der Waals surface area (Å²) in [4.78, 5) is 17.7. The Morgan fingerprint density at radius 2 is 1.89 bits per heavy atom. The highest BCUT2D eigenvalue weighted by Crippen LogP contribution is 2.34. The minimum absolute atomic E-state index is 0.200. The first-order valence-corrected chi connectivity index (χ1v) is 10.0. The van der Waals surface area contributed by atoms with Crippen molar-refractivity contribution < 1.29 is 4.74 Å². The molecule has 0 atom stereocenters. The van der Waals surface area contributed by atoms with Gasteiger partial charge in [-0.25, -0.2) is 9.97 Å². The molecule has 0 saturated carbocycles. The highest BCUT2D eigenvalue weighted by atomic mass is 16.5. The van der Waals surface area contributed by atoms with Gasteiger partial charge in [0, 0.05) is 49.4 Å². The molecule has 2 aromatic heterocycles. The number of anilines is 2. The average Bonchev–Trinajstić information content (AvgIpc) is 3.10. The number of nitrogens with two attached hydrogens (primary N) is 1. The van der Waals surface area contributed by atoms with E-state index in [1.54, 1.807) is 0 Å². The fourth-order valence-corrected chi connectivity index (χ4v) is 4.00. The van der Waals surface area contributed by atoms with Crippen molar-refractivity contribution in [1.82, 2.24) is 19.9 Å². The number of hydrogen-bond acceptors (Lipinski definition) is 6. The van der Waals surface area contributed by atoms with Gasteiger partial charge in [0.2, 0.25) is 0 Å². The number of nitrogen functional groups attached to an aromatic ring is 1. The number of pyridine rings is 1. The van der Waals surface area contributed by atoms with E-state index in [1.165, 1.54) is 5.69 Å². The Morgan fingerprint density at radius 3 is 2.57 bits per heavy atom. The van der Waals surface area contributed by atoms with Gasteiger partial charge in [-0.3, -0.25) is 4.90 Å². The van der Waals surface area contributed by atoms with Gasteiger partial charge in [0.25, 0.3) is 0 Å². The Morgan fingerprint density at radius 1 is 1.14 bits per heavy atom. The minimum atomic E-state index is 0.200. The van der Waals surface area contributed by atoms with E-state index in [2.05, 4.69) is 57.7 Å². The lowest BCUT2D eigenvalue weighted by Gasteiger charge is -2.43. The molecule has 1 fully saturated rings. The van der Waals surface area contributed by atoms with Gasteiger partial charge in [0.1, 0.15) is 17.9 Å². The van der Waals surface area contributed by atoms with Crippen LogP contribution in [-0.4, -0.2) is 58.2 Å². The number of aromatic amines is 1. The van der Waals surface area contributed by atoms with Gasteiger partial charge in [-0.15, -0.1) is 0 Å². The molecule has 0 amide bonds. The van der Waals surface area contributed by atoms with E-state index in [0.717, 1.165) is 53.9 Å². The lowest BCUT2D eigenvalue weighted by Crippen LogP contribution is -2.53. The Bertz CT molecular complexity index is 982. The summed E-state index contributed by atoms with van der Waals surface area (Å²) in [6, 6.07) is 6.25. The van der Waals surface area contributed by atoms with E-state index in [0.29, 0.717) is 19.0 Å². The van der Waals surface area contributed by atoms with Crippen molar-refractivity contribution in [1.29, 1.82) is 0 Å². The normalized spacial score (nSPS) is 16.4. The lowest BCUT2D eigenvalue weighted by atomic mass is 10.0. The number of nitrogens with zero attached hydrogens (tertiary/aromatic N) is 4. The van der Waals surface area contributed by atoms with Crippen LogP contribution in [-0.2, 0) is 11.3 Å². The molecule has 7 nitrogen and oxygen atoms in total. The van der Waals surface area contributed by atoms with Crippen LogP contribution in [0.15, 0.2) is 18.2 Å². The Balaban J connectivity index is 1.76. The molecule has 0 radical (unpaired) electrons. The van der Waals surface area contributed by atoms with Gasteiger partial charge in [0.15, 0.2) is 5.82 Å². The van der Waals surface area contributed by atoms with Crippen molar-refractivity contribution in [2.24, 2.45) is 0 Å². The summed E-state index contributed by atoms with van der Waals surface area (Å²) in [6.07, 6.45) is 0. The summed E-state index contributed by atoms with van der Waals surface area (Å²) in [5.74, 6) is 1.24. The van der Waals surface area contributed by atoms with Gasteiger partial charge in [-0.05, 0) is 39.8 Å². The van der Waals surface area contributed by atoms with E-state index >= 15 is 0 Å². The number of rotatable bonds is 4. The third-order valence-electron chi connectivity index (χ3n) is 5.52. The fraction of sp³-hybridized carbons (Fsp3) is 0.524. The zero-order valence-corrected chi connectivity index (χ0v) is 17.2. The van der Waals surface area contributed by atoms with Gasteiger partial charge in [0.05, 0.1) is 11.0 Å². The molecular formula is C21H30N6O. The van der Waals surface area contributed by atoms with Gasteiger partial charge < -0.3 is 20.4 Å². The second kappa shape index (κ2) is 7.22. The van der Waals surface area contributed by atoms with E-state index in [4.69, 9.17) is 10.5 Å². The molecule has 0 spiro atoms. The first kappa shape index (κ1) is 19.0. The minimum Gasteiger partial charge on any atom is -0.382 e. The predicted molar refractivity (Wildman–Crippen MR) is 115 cm³/mol. The number of hydrogen-bond donors (Lipinski definition) is 2. The van der Waals surface area contributed by atoms with E-state index in [9.17, 15) is 0 Å². The summed E-state index contributed by atoms with van der Waals surface area (Å²) in [6.45, 7) is 14.0. The Kier molecular flexibility index (Phi) is 4.89. The van der Waals surface area contributed by atoms with Crippen LogP contribution in [0.4, 0.5) is 11.5 Å². The molecule has 7 heteroatoms. The third-order valence-corrected chi connectivity index (χ3v) is 5.52. The highest BCUT2D eigenvalue weighted by molar-refractivity contribution is 6.12. The van der Waals surface area contributed by atoms with Crippen molar-refractivity contribution in [3.05, 3.63) is 24.0 Å². The summed E-state index contributed by atoms with van der Waals surface area (Å²) in [5, 5.41) is 1.09. The maximum absolute atomic E-state index is 6.20.